The Morgan fingerprint density at radius 3 is 2.25 bits per heavy atom. The summed E-state index contributed by atoms with van der Waals surface area (Å²) in [4.78, 5) is 11.4. The van der Waals surface area contributed by atoms with E-state index >= 15 is 0 Å². The first-order chi connectivity index (χ1) is 15.5. The van der Waals surface area contributed by atoms with Crippen LogP contribution in [0.5, 0.6) is 0 Å². The molecule has 166 valence electrons. The van der Waals surface area contributed by atoms with Gasteiger partial charge in [0.15, 0.2) is 0 Å². The smallest absolute Gasteiger partial charge is 0.335 e. The number of hydrogen-bond acceptors (Lipinski definition) is 2. The number of carboxylic acid groups (broad SMARTS) is 1. The first kappa shape index (κ1) is 21.2. The molecule has 0 spiro atoms. The first-order valence-electron chi connectivity index (χ1n) is 12.1. The van der Waals surface area contributed by atoms with Crippen molar-refractivity contribution < 1.29 is 9.90 Å². The molecule has 5 rings (SSSR count). The van der Waals surface area contributed by atoms with Gasteiger partial charge in [-0.2, -0.15) is 0 Å². The minimum Gasteiger partial charge on any atom is -0.478 e. The van der Waals surface area contributed by atoms with Crippen molar-refractivity contribution >= 4 is 16.7 Å². The van der Waals surface area contributed by atoms with E-state index in [9.17, 15) is 9.90 Å². The fourth-order valence-corrected chi connectivity index (χ4v) is 6.25. The Bertz CT molecular complexity index is 1140. The van der Waals surface area contributed by atoms with E-state index in [0.717, 1.165) is 12.8 Å². The number of benzene rings is 3. The van der Waals surface area contributed by atoms with Gasteiger partial charge in [-0.05, 0) is 96.7 Å². The Morgan fingerprint density at radius 1 is 0.875 bits per heavy atom. The zero-order valence-corrected chi connectivity index (χ0v) is 19.2. The molecule has 3 heteroatoms. The van der Waals surface area contributed by atoms with E-state index in [1.54, 1.807) is 12.1 Å². The summed E-state index contributed by atoms with van der Waals surface area (Å²) in [6.45, 7) is 4.38. The SMILES string of the molecule is Cc1ccc(C)c2cc(C3CCC(c4ccc(C(=O)O)cc4)(C4CCCCC4)N3)ccc12. The lowest BCUT2D eigenvalue weighted by molar-refractivity contribution is 0.0696. The van der Waals surface area contributed by atoms with Gasteiger partial charge in [-0.25, -0.2) is 4.79 Å². The molecule has 2 atom stereocenters. The summed E-state index contributed by atoms with van der Waals surface area (Å²) < 4.78 is 0. The van der Waals surface area contributed by atoms with E-state index in [1.807, 2.05) is 0 Å². The van der Waals surface area contributed by atoms with Crippen molar-refractivity contribution in [3.63, 3.8) is 0 Å². The molecule has 1 aliphatic carbocycles. The summed E-state index contributed by atoms with van der Waals surface area (Å²) in [6, 6.07) is 19.4. The van der Waals surface area contributed by atoms with Crippen molar-refractivity contribution in [3.05, 3.63) is 82.4 Å². The van der Waals surface area contributed by atoms with Crippen LogP contribution in [0.15, 0.2) is 54.6 Å². The van der Waals surface area contributed by atoms with E-state index in [-0.39, 0.29) is 5.54 Å². The highest BCUT2D eigenvalue weighted by Crippen LogP contribution is 2.49. The number of rotatable bonds is 4. The zero-order chi connectivity index (χ0) is 22.3. The average molecular weight is 428 g/mol. The third-order valence-electron chi connectivity index (χ3n) is 8.09. The van der Waals surface area contributed by atoms with Gasteiger partial charge in [0.1, 0.15) is 0 Å². The predicted molar refractivity (Wildman–Crippen MR) is 130 cm³/mol. The number of aromatic carboxylic acids is 1. The van der Waals surface area contributed by atoms with Crippen molar-refractivity contribution in [3.8, 4) is 0 Å². The van der Waals surface area contributed by atoms with Crippen LogP contribution in [0.3, 0.4) is 0 Å². The van der Waals surface area contributed by atoms with Crippen LogP contribution in [0.1, 0.15) is 83.6 Å². The summed E-state index contributed by atoms with van der Waals surface area (Å²) in [5, 5.41) is 16.2. The molecular formula is C29H33NO2. The number of carbonyl (C=O) groups is 1. The quantitative estimate of drug-likeness (QED) is 0.469. The summed E-state index contributed by atoms with van der Waals surface area (Å²) in [6.07, 6.45) is 8.61. The summed E-state index contributed by atoms with van der Waals surface area (Å²) >= 11 is 0. The second-order valence-corrected chi connectivity index (χ2v) is 9.93. The Hall–Kier alpha value is -2.65. The standard InChI is InChI=1S/C29H33NO2/c1-19-8-9-20(2)26-18-22(12-15-25(19)26)27-16-17-29(30-27,23-6-4-3-5-7-23)24-13-10-21(11-14-24)28(31)32/h8-15,18,23,27,30H,3-7,16-17H2,1-2H3,(H,31,32). The molecule has 1 heterocycles. The number of fused-ring (bicyclic) bond motifs is 1. The van der Waals surface area contributed by atoms with Crippen LogP contribution < -0.4 is 5.32 Å². The van der Waals surface area contributed by atoms with Crippen molar-refractivity contribution in [2.24, 2.45) is 5.92 Å². The summed E-state index contributed by atoms with van der Waals surface area (Å²) in [5.41, 5.74) is 5.57. The lowest BCUT2D eigenvalue weighted by Gasteiger charge is -2.41. The van der Waals surface area contributed by atoms with Crippen LogP contribution in [-0.4, -0.2) is 11.1 Å². The van der Waals surface area contributed by atoms with Gasteiger partial charge in [-0.3, -0.25) is 0 Å². The van der Waals surface area contributed by atoms with Gasteiger partial charge >= 0.3 is 5.97 Å². The molecule has 2 N–H and O–H groups in total. The molecule has 1 aliphatic heterocycles. The van der Waals surface area contributed by atoms with Gasteiger partial charge < -0.3 is 10.4 Å². The largest absolute Gasteiger partial charge is 0.478 e. The first-order valence-corrected chi connectivity index (χ1v) is 12.1. The van der Waals surface area contributed by atoms with Crippen LogP contribution in [0, 0.1) is 19.8 Å². The highest BCUT2D eigenvalue weighted by molar-refractivity contribution is 5.89. The molecule has 0 bridgehead atoms. The number of carboxylic acids is 1. The van der Waals surface area contributed by atoms with Crippen LogP contribution >= 0.6 is 0 Å². The molecule has 32 heavy (non-hydrogen) atoms. The Balaban J connectivity index is 1.52. The number of hydrogen-bond donors (Lipinski definition) is 2. The van der Waals surface area contributed by atoms with Crippen molar-refractivity contribution in [1.29, 1.82) is 0 Å². The highest BCUT2D eigenvalue weighted by Gasteiger charge is 2.46. The Morgan fingerprint density at radius 2 is 1.56 bits per heavy atom. The third kappa shape index (κ3) is 3.63. The van der Waals surface area contributed by atoms with E-state index in [0.29, 0.717) is 17.5 Å². The molecule has 3 nitrogen and oxygen atoms in total. The summed E-state index contributed by atoms with van der Waals surface area (Å²) in [7, 11) is 0. The monoisotopic (exact) mass is 427 g/mol. The van der Waals surface area contributed by atoms with Crippen LogP contribution in [0.2, 0.25) is 0 Å². The molecule has 3 aromatic rings. The molecule has 1 saturated carbocycles. The van der Waals surface area contributed by atoms with Gasteiger partial charge in [-0.1, -0.05) is 55.7 Å². The minimum atomic E-state index is -0.859. The maximum Gasteiger partial charge on any atom is 0.335 e. The second-order valence-electron chi connectivity index (χ2n) is 9.93. The maximum absolute atomic E-state index is 11.4. The molecule has 2 unspecified atom stereocenters. The molecule has 2 fully saturated rings. The lowest BCUT2D eigenvalue weighted by Crippen LogP contribution is -2.45. The van der Waals surface area contributed by atoms with E-state index in [2.05, 4.69) is 61.6 Å². The lowest BCUT2D eigenvalue weighted by atomic mass is 9.70. The molecule has 0 amide bonds. The minimum absolute atomic E-state index is 0.0707. The third-order valence-corrected chi connectivity index (χ3v) is 8.09. The average Bonchev–Trinajstić information content (AvgIpc) is 3.29. The second kappa shape index (κ2) is 8.37. The molecule has 1 saturated heterocycles. The number of nitrogens with one attached hydrogen (secondary N) is 1. The topological polar surface area (TPSA) is 49.3 Å². The van der Waals surface area contributed by atoms with E-state index < -0.39 is 5.97 Å². The van der Waals surface area contributed by atoms with E-state index in [1.165, 1.54) is 65.1 Å². The van der Waals surface area contributed by atoms with Crippen LogP contribution in [0.4, 0.5) is 0 Å². The van der Waals surface area contributed by atoms with Gasteiger partial charge in [-0.15, -0.1) is 0 Å². The maximum atomic E-state index is 11.4. The van der Waals surface area contributed by atoms with Crippen molar-refractivity contribution in [2.75, 3.05) is 0 Å². The zero-order valence-electron chi connectivity index (χ0n) is 19.2. The van der Waals surface area contributed by atoms with E-state index in [4.69, 9.17) is 0 Å². The van der Waals surface area contributed by atoms with Crippen LogP contribution in [0.25, 0.3) is 10.8 Å². The van der Waals surface area contributed by atoms with Crippen molar-refractivity contribution in [2.45, 2.75) is 70.4 Å². The predicted octanol–water partition coefficient (Wildman–Crippen LogP) is 7.06. The molecular weight excluding hydrogens is 394 g/mol. The number of aryl methyl sites for hydroxylation is 2. The van der Waals surface area contributed by atoms with Gasteiger partial charge in [0.2, 0.25) is 0 Å². The molecule has 3 aromatic carbocycles. The van der Waals surface area contributed by atoms with Gasteiger partial charge in [0.25, 0.3) is 0 Å². The summed E-state index contributed by atoms with van der Waals surface area (Å²) in [5.74, 6) is -0.260. The molecule has 2 aliphatic rings. The van der Waals surface area contributed by atoms with Gasteiger partial charge in [0, 0.05) is 11.6 Å². The fraction of sp³-hybridized carbons (Fsp3) is 0.414. The molecule has 0 aromatic heterocycles. The molecule has 0 radical (unpaired) electrons. The fourth-order valence-electron chi connectivity index (χ4n) is 6.25. The Kier molecular flexibility index (Phi) is 5.54. The highest BCUT2D eigenvalue weighted by atomic mass is 16.4. The normalized spacial score (nSPS) is 24.1. The van der Waals surface area contributed by atoms with Crippen LogP contribution in [-0.2, 0) is 5.54 Å². The van der Waals surface area contributed by atoms with Gasteiger partial charge in [0.05, 0.1) is 5.56 Å². The van der Waals surface area contributed by atoms with Crippen molar-refractivity contribution in [1.82, 2.24) is 5.32 Å². The Labute approximate surface area is 190 Å².